The Labute approximate surface area is 138 Å². The number of amides is 1. The van der Waals surface area contributed by atoms with Gasteiger partial charge in [0.2, 0.25) is 5.91 Å². The minimum atomic E-state index is -1.03. The number of nitrogens with one attached hydrogen (secondary N) is 1. The van der Waals surface area contributed by atoms with Crippen molar-refractivity contribution in [3.63, 3.8) is 0 Å². The maximum atomic E-state index is 11.5. The van der Waals surface area contributed by atoms with E-state index in [1.165, 1.54) is 6.07 Å². The van der Waals surface area contributed by atoms with E-state index in [-0.39, 0.29) is 17.4 Å². The Morgan fingerprint density at radius 1 is 1.12 bits per heavy atom. The van der Waals surface area contributed by atoms with Crippen molar-refractivity contribution in [3.8, 4) is 11.1 Å². The van der Waals surface area contributed by atoms with Crippen LogP contribution in [-0.4, -0.2) is 22.9 Å². The lowest BCUT2D eigenvalue weighted by Gasteiger charge is -2.18. The summed E-state index contributed by atoms with van der Waals surface area (Å²) in [6.07, 6.45) is 1.03. The van der Waals surface area contributed by atoms with E-state index in [1.54, 1.807) is 24.3 Å². The molecule has 0 aromatic heterocycles. The predicted molar refractivity (Wildman–Crippen MR) is 91.3 cm³/mol. The second kappa shape index (κ2) is 6.04. The standard InChI is InChI=1S/C17H16N4O3/c18-17(19)20-11-3-4-12(16(23)24)13(8-11)9-1-5-14-10(7-9)2-6-15(22)21-14/h1,3-5,7-8H,2,6H2,(H,21,22)(H,23,24)(H4,18,19,20). The molecule has 122 valence electrons. The fourth-order valence-electron chi connectivity index (χ4n) is 2.73. The van der Waals surface area contributed by atoms with Crippen molar-refractivity contribution in [2.24, 2.45) is 16.5 Å². The Kier molecular flexibility index (Phi) is 3.91. The summed E-state index contributed by atoms with van der Waals surface area (Å²) in [6, 6.07) is 10.1. The monoisotopic (exact) mass is 324 g/mol. The summed E-state index contributed by atoms with van der Waals surface area (Å²) in [5, 5.41) is 12.2. The van der Waals surface area contributed by atoms with Gasteiger partial charge in [0.15, 0.2) is 5.96 Å². The van der Waals surface area contributed by atoms with E-state index in [0.717, 1.165) is 16.8 Å². The molecular formula is C17H16N4O3. The largest absolute Gasteiger partial charge is 0.478 e. The third-order valence-electron chi connectivity index (χ3n) is 3.80. The highest BCUT2D eigenvalue weighted by Gasteiger charge is 2.18. The number of hydrogen-bond acceptors (Lipinski definition) is 3. The summed E-state index contributed by atoms with van der Waals surface area (Å²) in [4.78, 5) is 26.9. The molecule has 2 aromatic carbocycles. The van der Waals surface area contributed by atoms with Gasteiger partial charge in [-0.3, -0.25) is 4.79 Å². The average Bonchev–Trinajstić information content (AvgIpc) is 2.53. The van der Waals surface area contributed by atoms with Gasteiger partial charge < -0.3 is 21.9 Å². The van der Waals surface area contributed by atoms with E-state index >= 15 is 0 Å². The van der Waals surface area contributed by atoms with Gasteiger partial charge in [-0.05, 0) is 53.4 Å². The molecule has 7 heteroatoms. The molecular weight excluding hydrogens is 308 g/mol. The molecule has 7 nitrogen and oxygen atoms in total. The van der Waals surface area contributed by atoms with Crippen molar-refractivity contribution in [2.45, 2.75) is 12.8 Å². The van der Waals surface area contributed by atoms with Gasteiger partial charge in [0.05, 0.1) is 11.3 Å². The van der Waals surface area contributed by atoms with Crippen LogP contribution in [0.5, 0.6) is 0 Å². The number of anilines is 1. The average molecular weight is 324 g/mol. The summed E-state index contributed by atoms with van der Waals surface area (Å²) in [5.74, 6) is -1.15. The highest BCUT2D eigenvalue weighted by Crippen LogP contribution is 2.32. The zero-order valence-corrected chi connectivity index (χ0v) is 12.7. The van der Waals surface area contributed by atoms with Crippen molar-refractivity contribution in [3.05, 3.63) is 47.5 Å². The highest BCUT2D eigenvalue weighted by atomic mass is 16.4. The normalized spacial score (nSPS) is 12.9. The molecule has 0 bridgehead atoms. The first kappa shape index (κ1) is 15.5. The number of rotatable bonds is 3. The van der Waals surface area contributed by atoms with Gasteiger partial charge in [-0.2, -0.15) is 0 Å². The van der Waals surface area contributed by atoms with Crippen LogP contribution in [0.3, 0.4) is 0 Å². The van der Waals surface area contributed by atoms with Gasteiger partial charge in [-0.15, -0.1) is 0 Å². The number of carbonyl (C=O) groups is 2. The number of benzene rings is 2. The van der Waals surface area contributed by atoms with E-state index in [0.29, 0.717) is 24.1 Å². The first-order valence-electron chi connectivity index (χ1n) is 7.34. The van der Waals surface area contributed by atoms with Crippen molar-refractivity contribution in [1.82, 2.24) is 0 Å². The lowest BCUT2D eigenvalue weighted by Crippen LogP contribution is -2.21. The van der Waals surface area contributed by atoms with Crippen LogP contribution in [-0.2, 0) is 11.2 Å². The number of nitrogens with zero attached hydrogens (tertiary/aromatic N) is 1. The Morgan fingerprint density at radius 3 is 2.62 bits per heavy atom. The molecule has 1 aliphatic rings. The maximum Gasteiger partial charge on any atom is 0.336 e. The summed E-state index contributed by atoms with van der Waals surface area (Å²) in [6.45, 7) is 0. The zero-order valence-electron chi connectivity index (χ0n) is 12.7. The summed E-state index contributed by atoms with van der Waals surface area (Å²) in [7, 11) is 0. The molecule has 2 aromatic rings. The number of carboxylic acids is 1. The van der Waals surface area contributed by atoms with Gasteiger partial charge >= 0.3 is 5.97 Å². The molecule has 0 aliphatic carbocycles. The summed E-state index contributed by atoms with van der Waals surface area (Å²) in [5.41, 5.74) is 14.4. The van der Waals surface area contributed by atoms with Crippen LogP contribution in [0.4, 0.5) is 11.4 Å². The molecule has 0 saturated carbocycles. The van der Waals surface area contributed by atoms with Crippen molar-refractivity contribution in [1.29, 1.82) is 0 Å². The van der Waals surface area contributed by atoms with Crippen LogP contribution >= 0.6 is 0 Å². The number of guanidine groups is 1. The number of aromatic carboxylic acids is 1. The van der Waals surface area contributed by atoms with Crippen LogP contribution in [0.25, 0.3) is 11.1 Å². The molecule has 3 rings (SSSR count). The van der Waals surface area contributed by atoms with E-state index in [4.69, 9.17) is 11.5 Å². The molecule has 24 heavy (non-hydrogen) atoms. The number of hydrogen-bond donors (Lipinski definition) is 4. The summed E-state index contributed by atoms with van der Waals surface area (Å²) >= 11 is 0. The fourth-order valence-corrected chi connectivity index (χ4v) is 2.73. The van der Waals surface area contributed by atoms with Crippen molar-refractivity contribution in [2.75, 3.05) is 5.32 Å². The minimum absolute atomic E-state index is 0.0174. The van der Waals surface area contributed by atoms with Gasteiger partial charge in [-0.25, -0.2) is 9.79 Å². The smallest absolute Gasteiger partial charge is 0.336 e. The minimum Gasteiger partial charge on any atom is -0.478 e. The van der Waals surface area contributed by atoms with Gasteiger partial charge in [-0.1, -0.05) is 6.07 Å². The van der Waals surface area contributed by atoms with Crippen LogP contribution in [0, 0.1) is 0 Å². The highest BCUT2D eigenvalue weighted by molar-refractivity contribution is 5.98. The van der Waals surface area contributed by atoms with Crippen LogP contribution in [0.15, 0.2) is 41.4 Å². The molecule has 1 amide bonds. The Bertz CT molecular complexity index is 870. The SMILES string of the molecule is NC(N)=Nc1ccc(C(=O)O)c(-c2ccc3c(c2)CCC(=O)N3)c1. The van der Waals surface area contributed by atoms with Crippen LogP contribution in [0.1, 0.15) is 22.3 Å². The third-order valence-corrected chi connectivity index (χ3v) is 3.80. The lowest BCUT2D eigenvalue weighted by atomic mass is 9.94. The molecule has 1 aliphatic heterocycles. The molecule has 0 radical (unpaired) electrons. The fraction of sp³-hybridized carbons (Fsp3) is 0.118. The van der Waals surface area contributed by atoms with Crippen LogP contribution < -0.4 is 16.8 Å². The number of carboxylic acid groups (broad SMARTS) is 1. The number of fused-ring (bicyclic) bond motifs is 1. The van der Waals surface area contributed by atoms with Gasteiger partial charge in [0.1, 0.15) is 0 Å². The van der Waals surface area contributed by atoms with E-state index in [9.17, 15) is 14.7 Å². The first-order chi connectivity index (χ1) is 11.4. The number of carbonyl (C=O) groups excluding carboxylic acids is 1. The number of aliphatic imine (C=N–C) groups is 1. The molecule has 6 N–H and O–H groups in total. The van der Waals surface area contributed by atoms with Gasteiger partial charge in [0.25, 0.3) is 0 Å². The number of nitrogens with two attached hydrogens (primary N) is 2. The maximum absolute atomic E-state index is 11.5. The molecule has 1 heterocycles. The van der Waals surface area contributed by atoms with E-state index < -0.39 is 5.97 Å². The van der Waals surface area contributed by atoms with E-state index in [1.807, 2.05) is 6.07 Å². The third kappa shape index (κ3) is 3.05. The Balaban J connectivity index is 2.12. The Morgan fingerprint density at radius 2 is 1.92 bits per heavy atom. The van der Waals surface area contributed by atoms with Crippen molar-refractivity contribution >= 4 is 29.2 Å². The molecule has 0 unspecified atom stereocenters. The topological polar surface area (TPSA) is 131 Å². The molecule has 0 fully saturated rings. The first-order valence-corrected chi connectivity index (χ1v) is 7.34. The van der Waals surface area contributed by atoms with E-state index in [2.05, 4.69) is 10.3 Å². The molecule has 0 saturated heterocycles. The summed E-state index contributed by atoms with van der Waals surface area (Å²) < 4.78 is 0. The van der Waals surface area contributed by atoms with Crippen molar-refractivity contribution < 1.29 is 14.7 Å². The second-order valence-corrected chi connectivity index (χ2v) is 5.49. The zero-order chi connectivity index (χ0) is 17.3. The molecule has 0 spiro atoms. The number of aryl methyl sites for hydroxylation is 1. The second-order valence-electron chi connectivity index (χ2n) is 5.49. The lowest BCUT2D eigenvalue weighted by molar-refractivity contribution is -0.116. The Hall–Kier alpha value is -3.35. The van der Waals surface area contributed by atoms with Gasteiger partial charge in [0, 0.05) is 12.1 Å². The predicted octanol–water partition coefficient (Wildman–Crippen LogP) is 1.84. The quantitative estimate of drug-likeness (QED) is 0.505. The van der Waals surface area contributed by atoms with Crippen LogP contribution in [0.2, 0.25) is 0 Å². The molecule has 0 atom stereocenters.